The SMILES string of the molecule is CC(C)(C)OC(=O)[C@H](CCC(=O)O)NS(=O)(=O)c1ccc(-c2ccccc2)cc1. The number of hydrogen-bond acceptors (Lipinski definition) is 5. The molecule has 29 heavy (non-hydrogen) atoms. The minimum atomic E-state index is -4.05. The molecule has 2 N–H and O–H groups in total. The Balaban J connectivity index is 2.22. The van der Waals surface area contributed by atoms with Crippen molar-refractivity contribution < 1.29 is 27.9 Å². The summed E-state index contributed by atoms with van der Waals surface area (Å²) in [6.07, 6.45) is -0.592. The minimum absolute atomic E-state index is 0.0268. The molecule has 7 nitrogen and oxygen atoms in total. The van der Waals surface area contributed by atoms with Gasteiger partial charge in [0, 0.05) is 6.42 Å². The molecule has 0 saturated carbocycles. The average Bonchev–Trinajstić information content (AvgIpc) is 2.64. The van der Waals surface area contributed by atoms with Crippen molar-refractivity contribution in [2.45, 2.75) is 50.2 Å². The Hall–Kier alpha value is -2.71. The summed E-state index contributed by atoms with van der Waals surface area (Å²) in [5.74, 6) is -1.95. The van der Waals surface area contributed by atoms with Crippen LogP contribution in [0.4, 0.5) is 0 Å². The third-order valence-electron chi connectivity index (χ3n) is 3.91. The number of esters is 1. The second-order valence-corrected chi connectivity index (χ2v) is 9.24. The molecule has 2 aromatic rings. The van der Waals surface area contributed by atoms with E-state index in [4.69, 9.17) is 9.84 Å². The Bertz CT molecular complexity index is 947. The lowest BCUT2D eigenvalue weighted by molar-refractivity contribution is -0.157. The highest BCUT2D eigenvalue weighted by molar-refractivity contribution is 7.89. The first kappa shape index (κ1) is 22.6. The van der Waals surface area contributed by atoms with Gasteiger partial charge >= 0.3 is 11.9 Å². The van der Waals surface area contributed by atoms with Crippen molar-refractivity contribution in [3.8, 4) is 11.1 Å². The van der Waals surface area contributed by atoms with Crippen LogP contribution in [0, 0.1) is 0 Å². The van der Waals surface area contributed by atoms with Gasteiger partial charge in [0.1, 0.15) is 11.6 Å². The van der Waals surface area contributed by atoms with Crippen LogP contribution in [0.1, 0.15) is 33.6 Å². The van der Waals surface area contributed by atoms with Crippen molar-refractivity contribution in [2.75, 3.05) is 0 Å². The molecule has 0 unspecified atom stereocenters. The van der Waals surface area contributed by atoms with Crippen LogP contribution in [0.3, 0.4) is 0 Å². The Morgan fingerprint density at radius 1 is 1.00 bits per heavy atom. The smallest absolute Gasteiger partial charge is 0.324 e. The normalized spacial score (nSPS) is 12.9. The molecule has 0 amide bonds. The lowest BCUT2D eigenvalue weighted by Crippen LogP contribution is -2.44. The standard InChI is InChI=1S/C21H25NO6S/c1-21(2,3)28-20(25)18(13-14-19(23)24)22-29(26,27)17-11-9-16(10-12-17)15-7-5-4-6-8-15/h4-12,18,22H,13-14H2,1-3H3,(H,23,24)/t18-/m0/s1. The molecule has 0 aliphatic rings. The van der Waals surface area contributed by atoms with Crippen molar-refractivity contribution in [1.82, 2.24) is 4.72 Å². The zero-order chi connectivity index (χ0) is 21.7. The number of benzene rings is 2. The fourth-order valence-electron chi connectivity index (χ4n) is 2.58. The van der Waals surface area contributed by atoms with Crippen LogP contribution in [0.15, 0.2) is 59.5 Å². The van der Waals surface area contributed by atoms with E-state index >= 15 is 0 Å². The van der Waals surface area contributed by atoms with E-state index in [1.165, 1.54) is 12.1 Å². The number of aliphatic carboxylic acids is 1. The van der Waals surface area contributed by atoms with Crippen molar-refractivity contribution in [1.29, 1.82) is 0 Å². The molecule has 0 aliphatic heterocycles. The molecule has 0 bridgehead atoms. The van der Waals surface area contributed by atoms with Gasteiger partial charge in [-0.25, -0.2) is 8.42 Å². The second-order valence-electron chi connectivity index (χ2n) is 7.53. The minimum Gasteiger partial charge on any atom is -0.481 e. The number of rotatable bonds is 8. The monoisotopic (exact) mass is 419 g/mol. The maximum absolute atomic E-state index is 12.7. The lowest BCUT2D eigenvalue weighted by Gasteiger charge is -2.24. The number of ether oxygens (including phenoxy) is 1. The van der Waals surface area contributed by atoms with Crippen LogP contribution in [0.2, 0.25) is 0 Å². The van der Waals surface area contributed by atoms with Crippen LogP contribution < -0.4 is 4.72 Å². The highest BCUT2D eigenvalue weighted by atomic mass is 32.2. The average molecular weight is 419 g/mol. The predicted molar refractivity (Wildman–Crippen MR) is 109 cm³/mol. The van der Waals surface area contributed by atoms with E-state index < -0.39 is 33.6 Å². The number of carboxylic acids is 1. The van der Waals surface area contributed by atoms with Crippen molar-refractivity contribution >= 4 is 22.0 Å². The molecule has 0 aromatic heterocycles. The molecule has 0 radical (unpaired) electrons. The Kier molecular flexibility index (Phi) is 7.16. The molecular weight excluding hydrogens is 394 g/mol. The Morgan fingerprint density at radius 3 is 2.07 bits per heavy atom. The van der Waals surface area contributed by atoms with Crippen LogP contribution in [-0.4, -0.2) is 37.1 Å². The van der Waals surface area contributed by atoms with Gasteiger partial charge in [-0.15, -0.1) is 0 Å². The fraction of sp³-hybridized carbons (Fsp3) is 0.333. The third-order valence-corrected chi connectivity index (χ3v) is 5.39. The van der Waals surface area contributed by atoms with Crippen LogP contribution >= 0.6 is 0 Å². The zero-order valence-corrected chi connectivity index (χ0v) is 17.4. The third kappa shape index (κ3) is 6.99. The maximum atomic E-state index is 12.7. The second kappa shape index (κ2) is 9.19. The predicted octanol–water partition coefficient (Wildman–Crippen LogP) is 3.21. The van der Waals surface area contributed by atoms with Gasteiger partial charge in [0.05, 0.1) is 4.90 Å². The fourth-order valence-corrected chi connectivity index (χ4v) is 3.80. The molecule has 8 heteroatoms. The lowest BCUT2D eigenvalue weighted by atomic mass is 10.1. The van der Waals surface area contributed by atoms with E-state index in [0.29, 0.717) is 0 Å². The number of nitrogens with one attached hydrogen (secondary N) is 1. The summed E-state index contributed by atoms with van der Waals surface area (Å²) in [6.45, 7) is 4.95. The number of sulfonamides is 1. The van der Waals surface area contributed by atoms with Gasteiger partial charge in [-0.2, -0.15) is 4.72 Å². The topological polar surface area (TPSA) is 110 Å². The molecular formula is C21H25NO6S. The summed E-state index contributed by atoms with van der Waals surface area (Å²) >= 11 is 0. The van der Waals surface area contributed by atoms with E-state index in [1.54, 1.807) is 32.9 Å². The quantitative estimate of drug-likeness (QED) is 0.636. The molecule has 0 aliphatic carbocycles. The zero-order valence-electron chi connectivity index (χ0n) is 16.6. The maximum Gasteiger partial charge on any atom is 0.324 e. The molecule has 0 heterocycles. The van der Waals surface area contributed by atoms with Gasteiger partial charge in [-0.05, 0) is 50.5 Å². The molecule has 0 spiro atoms. The highest BCUT2D eigenvalue weighted by Crippen LogP contribution is 2.21. The van der Waals surface area contributed by atoms with Gasteiger partial charge in [-0.1, -0.05) is 42.5 Å². The van der Waals surface area contributed by atoms with Crippen molar-refractivity contribution in [3.05, 3.63) is 54.6 Å². The molecule has 0 fully saturated rings. The van der Waals surface area contributed by atoms with Crippen LogP contribution in [-0.2, 0) is 24.3 Å². The molecule has 2 aromatic carbocycles. The number of hydrogen-bond donors (Lipinski definition) is 2. The van der Waals surface area contributed by atoms with E-state index in [0.717, 1.165) is 11.1 Å². The first-order chi connectivity index (χ1) is 13.5. The number of carbonyl (C=O) groups excluding carboxylic acids is 1. The summed E-state index contributed by atoms with van der Waals surface area (Å²) in [4.78, 5) is 23.2. The summed E-state index contributed by atoms with van der Waals surface area (Å²) in [6, 6.07) is 14.4. The van der Waals surface area contributed by atoms with E-state index in [2.05, 4.69) is 4.72 Å². The van der Waals surface area contributed by atoms with Crippen molar-refractivity contribution in [3.63, 3.8) is 0 Å². The van der Waals surface area contributed by atoms with Gasteiger partial charge < -0.3 is 9.84 Å². The first-order valence-corrected chi connectivity index (χ1v) is 10.6. The van der Waals surface area contributed by atoms with E-state index in [1.807, 2.05) is 30.3 Å². The molecule has 0 saturated heterocycles. The van der Waals surface area contributed by atoms with E-state index in [-0.39, 0.29) is 17.7 Å². The molecule has 156 valence electrons. The summed E-state index contributed by atoms with van der Waals surface area (Å²) < 4.78 is 33.0. The molecule has 1 atom stereocenters. The van der Waals surface area contributed by atoms with Crippen LogP contribution in [0.25, 0.3) is 11.1 Å². The summed E-state index contributed by atoms with van der Waals surface area (Å²) in [7, 11) is -4.05. The number of carboxylic acid groups (broad SMARTS) is 1. The highest BCUT2D eigenvalue weighted by Gasteiger charge is 2.30. The number of carbonyl (C=O) groups is 2. The Morgan fingerprint density at radius 2 is 1.55 bits per heavy atom. The first-order valence-electron chi connectivity index (χ1n) is 9.10. The van der Waals surface area contributed by atoms with Crippen LogP contribution in [0.5, 0.6) is 0 Å². The largest absolute Gasteiger partial charge is 0.481 e. The van der Waals surface area contributed by atoms with Gasteiger partial charge in [-0.3, -0.25) is 9.59 Å². The van der Waals surface area contributed by atoms with Gasteiger partial charge in [0.2, 0.25) is 10.0 Å². The van der Waals surface area contributed by atoms with Crippen molar-refractivity contribution in [2.24, 2.45) is 0 Å². The summed E-state index contributed by atoms with van der Waals surface area (Å²) in [5.41, 5.74) is 0.957. The summed E-state index contributed by atoms with van der Waals surface area (Å²) in [5, 5.41) is 8.90. The Labute approximate surface area is 170 Å². The van der Waals surface area contributed by atoms with Gasteiger partial charge in [0.15, 0.2) is 0 Å². The molecule has 2 rings (SSSR count). The van der Waals surface area contributed by atoms with E-state index in [9.17, 15) is 18.0 Å². The van der Waals surface area contributed by atoms with Gasteiger partial charge in [0.25, 0.3) is 0 Å².